The van der Waals surface area contributed by atoms with Gasteiger partial charge in [0.25, 0.3) is 0 Å². The van der Waals surface area contributed by atoms with Crippen LogP contribution in [0.5, 0.6) is 0 Å². The molecule has 1 aliphatic rings. The molecule has 0 aliphatic carbocycles. The van der Waals surface area contributed by atoms with Gasteiger partial charge in [-0.3, -0.25) is 4.90 Å². The second-order valence-electron chi connectivity index (χ2n) is 5.28. The number of rotatable bonds is 6. The van der Waals surface area contributed by atoms with Gasteiger partial charge in [-0.2, -0.15) is 0 Å². The van der Waals surface area contributed by atoms with Gasteiger partial charge in [0.15, 0.2) is 0 Å². The second kappa shape index (κ2) is 6.71. The van der Waals surface area contributed by atoms with E-state index in [0.717, 1.165) is 19.0 Å². The van der Waals surface area contributed by atoms with Crippen LogP contribution < -0.4 is 5.32 Å². The number of nitrogens with one attached hydrogen (secondary N) is 1. The standard InChI is InChI=1S/C12H26N2O2S/c1-11-5-4-8-14(12(11)2)9-6-13-7-10-17(3,15)16/h11-13H,4-10H2,1-3H3. The highest BCUT2D eigenvalue weighted by molar-refractivity contribution is 7.90. The molecule has 1 fully saturated rings. The van der Waals surface area contributed by atoms with Crippen LogP contribution in [0.25, 0.3) is 0 Å². The van der Waals surface area contributed by atoms with Crippen LogP contribution in [0, 0.1) is 5.92 Å². The first-order valence-corrected chi connectivity index (χ1v) is 8.58. The van der Waals surface area contributed by atoms with E-state index in [1.165, 1.54) is 25.6 Å². The molecule has 4 nitrogen and oxygen atoms in total. The Labute approximate surface area is 106 Å². The van der Waals surface area contributed by atoms with Crippen LogP contribution >= 0.6 is 0 Å². The first-order chi connectivity index (χ1) is 7.90. The first-order valence-electron chi connectivity index (χ1n) is 6.52. The van der Waals surface area contributed by atoms with Crippen molar-refractivity contribution in [1.29, 1.82) is 0 Å². The third-order valence-electron chi connectivity index (χ3n) is 3.73. The van der Waals surface area contributed by atoms with Gasteiger partial charge in [0.1, 0.15) is 9.84 Å². The minimum absolute atomic E-state index is 0.235. The largest absolute Gasteiger partial charge is 0.314 e. The van der Waals surface area contributed by atoms with Gasteiger partial charge in [0.2, 0.25) is 0 Å². The van der Waals surface area contributed by atoms with Crippen molar-refractivity contribution in [3.63, 3.8) is 0 Å². The zero-order chi connectivity index (χ0) is 12.9. The molecule has 1 heterocycles. The number of nitrogens with zero attached hydrogens (tertiary/aromatic N) is 1. The minimum Gasteiger partial charge on any atom is -0.314 e. The highest BCUT2D eigenvalue weighted by atomic mass is 32.2. The number of hydrogen-bond donors (Lipinski definition) is 1. The van der Waals surface area contributed by atoms with Crippen molar-refractivity contribution in [2.75, 3.05) is 38.2 Å². The molecular formula is C12H26N2O2S. The molecule has 0 aromatic heterocycles. The monoisotopic (exact) mass is 262 g/mol. The summed E-state index contributed by atoms with van der Waals surface area (Å²) in [5, 5.41) is 3.20. The van der Waals surface area contributed by atoms with Crippen molar-refractivity contribution in [1.82, 2.24) is 10.2 Å². The molecule has 0 bridgehead atoms. The summed E-state index contributed by atoms with van der Waals surface area (Å²) in [7, 11) is -2.83. The first kappa shape index (κ1) is 14.9. The Morgan fingerprint density at radius 3 is 2.65 bits per heavy atom. The summed E-state index contributed by atoms with van der Waals surface area (Å²) >= 11 is 0. The summed E-state index contributed by atoms with van der Waals surface area (Å²) in [6.45, 7) is 8.26. The molecule has 17 heavy (non-hydrogen) atoms. The maximum atomic E-state index is 10.9. The van der Waals surface area contributed by atoms with Gasteiger partial charge in [-0.25, -0.2) is 8.42 Å². The van der Waals surface area contributed by atoms with Crippen molar-refractivity contribution >= 4 is 9.84 Å². The lowest BCUT2D eigenvalue weighted by atomic mass is 9.92. The van der Waals surface area contributed by atoms with Crippen molar-refractivity contribution in [3.05, 3.63) is 0 Å². The molecule has 2 atom stereocenters. The Kier molecular flexibility index (Phi) is 5.89. The fourth-order valence-corrected chi connectivity index (χ4v) is 2.86. The SMILES string of the molecule is CC1CCCN(CCNCCS(C)(=O)=O)C1C. The topological polar surface area (TPSA) is 49.4 Å². The molecule has 0 saturated carbocycles. The zero-order valence-corrected chi connectivity index (χ0v) is 12.1. The van der Waals surface area contributed by atoms with E-state index >= 15 is 0 Å². The summed E-state index contributed by atoms with van der Waals surface area (Å²) in [6.07, 6.45) is 3.90. The van der Waals surface area contributed by atoms with E-state index in [-0.39, 0.29) is 5.75 Å². The van der Waals surface area contributed by atoms with Crippen LogP contribution in [-0.4, -0.2) is 57.5 Å². The average molecular weight is 262 g/mol. The van der Waals surface area contributed by atoms with Crippen LogP contribution in [0.3, 0.4) is 0 Å². The zero-order valence-electron chi connectivity index (χ0n) is 11.3. The van der Waals surface area contributed by atoms with E-state index in [4.69, 9.17) is 0 Å². The van der Waals surface area contributed by atoms with E-state index < -0.39 is 9.84 Å². The number of piperidine rings is 1. The van der Waals surface area contributed by atoms with Crippen LogP contribution in [-0.2, 0) is 9.84 Å². The third-order valence-corrected chi connectivity index (χ3v) is 4.68. The summed E-state index contributed by atoms with van der Waals surface area (Å²) < 4.78 is 21.9. The molecular weight excluding hydrogens is 236 g/mol. The number of hydrogen-bond acceptors (Lipinski definition) is 4. The maximum absolute atomic E-state index is 10.9. The molecule has 0 spiro atoms. The molecule has 1 N–H and O–H groups in total. The van der Waals surface area contributed by atoms with Crippen LogP contribution in [0.2, 0.25) is 0 Å². The lowest BCUT2D eigenvalue weighted by Gasteiger charge is -2.37. The highest BCUT2D eigenvalue weighted by Gasteiger charge is 2.23. The lowest BCUT2D eigenvalue weighted by molar-refractivity contribution is 0.115. The van der Waals surface area contributed by atoms with E-state index in [9.17, 15) is 8.42 Å². The Morgan fingerprint density at radius 1 is 1.29 bits per heavy atom. The lowest BCUT2D eigenvalue weighted by Crippen LogP contribution is -2.45. The molecule has 0 aromatic rings. The van der Waals surface area contributed by atoms with E-state index in [0.29, 0.717) is 12.6 Å². The molecule has 1 aliphatic heterocycles. The summed E-state index contributed by atoms with van der Waals surface area (Å²) in [5.41, 5.74) is 0. The van der Waals surface area contributed by atoms with Gasteiger partial charge in [-0.1, -0.05) is 6.92 Å². The average Bonchev–Trinajstić information content (AvgIpc) is 2.22. The number of sulfone groups is 1. The van der Waals surface area contributed by atoms with E-state index in [1.807, 2.05) is 0 Å². The van der Waals surface area contributed by atoms with Crippen LogP contribution in [0.4, 0.5) is 0 Å². The van der Waals surface area contributed by atoms with Gasteiger partial charge in [-0.15, -0.1) is 0 Å². The Morgan fingerprint density at radius 2 is 2.00 bits per heavy atom. The molecule has 5 heteroatoms. The highest BCUT2D eigenvalue weighted by Crippen LogP contribution is 2.21. The summed E-state index contributed by atoms with van der Waals surface area (Å²) in [6, 6.07) is 0.653. The molecule has 2 unspecified atom stereocenters. The van der Waals surface area contributed by atoms with Crippen LogP contribution in [0.1, 0.15) is 26.7 Å². The van der Waals surface area contributed by atoms with Gasteiger partial charge < -0.3 is 5.32 Å². The fraction of sp³-hybridized carbons (Fsp3) is 1.00. The Bertz CT molecular complexity index is 316. The third kappa shape index (κ3) is 5.84. The molecule has 0 radical (unpaired) electrons. The minimum atomic E-state index is -2.83. The Hall–Kier alpha value is -0.130. The predicted octanol–water partition coefficient (Wildman–Crippen LogP) is 0.741. The van der Waals surface area contributed by atoms with Gasteiger partial charge in [0, 0.05) is 31.9 Å². The number of likely N-dealkylation sites (tertiary alicyclic amines) is 1. The van der Waals surface area contributed by atoms with Crippen molar-refractivity contribution in [2.24, 2.45) is 5.92 Å². The normalized spacial score (nSPS) is 27.2. The predicted molar refractivity (Wildman–Crippen MR) is 72.0 cm³/mol. The summed E-state index contributed by atoms with van der Waals surface area (Å²) in [4.78, 5) is 2.50. The van der Waals surface area contributed by atoms with E-state index in [2.05, 4.69) is 24.1 Å². The molecule has 102 valence electrons. The quantitative estimate of drug-likeness (QED) is 0.717. The second-order valence-corrected chi connectivity index (χ2v) is 7.54. The van der Waals surface area contributed by atoms with Crippen molar-refractivity contribution < 1.29 is 8.42 Å². The van der Waals surface area contributed by atoms with Crippen LogP contribution in [0.15, 0.2) is 0 Å². The fourth-order valence-electron chi connectivity index (χ4n) is 2.34. The van der Waals surface area contributed by atoms with Crippen molar-refractivity contribution in [2.45, 2.75) is 32.7 Å². The smallest absolute Gasteiger partial charge is 0.148 e. The molecule has 1 saturated heterocycles. The molecule has 0 aromatic carbocycles. The van der Waals surface area contributed by atoms with Crippen molar-refractivity contribution in [3.8, 4) is 0 Å². The summed E-state index contributed by atoms with van der Waals surface area (Å²) in [5.74, 6) is 1.01. The Balaban J connectivity index is 2.14. The maximum Gasteiger partial charge on any atom is 0.148 e. The van der Waals surface area contributed by atoms with Gasteiger partial charge in [0.05, 0.1) is 5.75 Å². The van der Waals surface area contributed by atoms with E-state index in [1.54, 1.807) is 0 Å². The molecule has 1 rings (SSSR count). The van der Waals surface area contributed by atoms with Gasteiger partial charge >= 0.3 is 0 Å². The molecule has 0 amide bonds. The van der Waals surface area contributed by atoms with Gasteiger partial charge in [-0.05, 0) is 32.2 Å².